The van der Waals surface area contributed by atoms with Gasteiger partial charge in [0.25, 0.3) is 10.0 Å². The van der Waals surface area contributed by atoms with Crippen molar-refractivity contribution >= 4 is 15.9 Å². The average Bonchev–Trinajstić information content (AvgIpc) is 2.25. The van der Waals surface area contributed by atoms with Crippen LogP contribution in [0.2, 0.25) is 0 Å². The summed E-state index contributed by atoms with van der Waals surface area (Å²) in [6.45, 7) is 0. The van der Waals surface area contributed by atoms with Gasteiger partial charge in [-0.05, 0) is 24.3 Å². The van der Waals surface area contributed by atoms with Crippen molar-refractivity contribution in [3.8, 4) is 5.75 Å². The molecule has 19 heavy (non-hydrogen) atoms. The summed E-state index contributed by atoms with van der Waals surface area (Å²) in [5.41, 5.74) is 0. The van der Waals surface area contributed by atoms with Crippen LogP contribution in [0.25, 0.3) is 0 Å². The van der Waals surface area contributed by atoms with Crippen molar-refractivity contribution in [2.45, 2.75) is 17.5 Å². The largest absolute Gasteiger partial charge is 0.497 e. The van der Waals surface area contributed by atoms with Gasteiger partial charge >= 0.3 is 6.18 Å². The lowest BCUT2D eigenvalue weighted by Gasteiger charge is -2.09. The minimum absolute atomic E-state index is 0.330. The third-order valence-electron chi connectivity index (χ3n) is 1.98. The number of sulfonamides is 1. The Morgan fingerprint density at radius 3 is 2.21 bits per heavy atom. The van der Waals surface area contributed by atoms with Gasteiger partial charge in [-0.3, -0.25) is 4.79 Å². The third kappa shape index (κ3) is 4.78. The first kappa shape index (κ1) is 15.3. The molecule has 0 saturated heterocycles. The van der Waals surface area contributed by atoms with E-state index in [2.05, 4.69) is 0 Å². The Morgan fingerprint density at radius 2 is 1.79 bits per heavy atom. The predicted octanol–water partition coefficient (Wildman–Crippen LogP) is 1.45. The lowest BCUT2D eigenvalue weighted by Crippen LogP contribution is -2.33. The second-order valence-corrected chi connectivity index (χ2v) is 5.18. The molecule has 1 aromatic carbocycles. The fourth-order valence-electron chi connectivity index (χ4n) is 1.18. The zero-order valence-corrected chi connectivity index (χ0v) is 10.5. The lowest BCUT2D eigenvalue weighted by atomic mass is 10.3. The van der Waals surface area contributed by atoms with Crippen LogP contribution in [0.3, 0.4) is 0 Å². The van der Waals surface area contributed by atoms with Gasteiger partial charge in [-0.25, -0.2) is 13.1 Å². The number of nitrogens with one attached hydrogen (secondary N) is 1. The molecule has 9 heteroatoms. The molecule has 0 aromatic heterocycles. The number of amides is 1. The molecule has 0 fully saturated rings. The average molecular weight is 297 g/mol. The topological polar surface area (TPSA) is 72.5 Å². The van der Waals surface area contributed by atoms with E-state index in [1.54, 1.807) is 0 Å². The van der Waals surface area contributed by atoms with E-state index in [4.69, 9.17) is 4.74 Å². The van der Waals surface area contributed by atoms with E-state index >= 15 is 0 Å². The summed E-state index contributed by atoms with van der Waals surface area (Å²) in [5, 5.41) is 0. The number of methoxy groups -OCH3 is 1. The van der Waals surface area contributed by atoms with Crippen LogP contribution in [0, 0.1) is 0 Å². The summed E-state index contributed by atoms with van der Waals surface area (Å²) in [7, 11) is -2.94. The number of hydrogen-bond donors (Lipinski definition) is 1. The number of hydrogen-bond acceptors (Lipinski definition) is 4. The Bertz CT molecular complexity index is 551. The highest BCUT2D eigenvalue weighted by Gasteiger charge is 2.33. The molecule has 1 N–H and O–H groups in total. The molecule has 106 valence electrons. The van der Waals surface area contributed by atoms with Crippen molar-refractivity contribution in [3.63, 3.8) is 0 Å². The summed E-state index contributed by atoms with van der Waals surface area (Å²) < 4.78 is 65.0. The van der Waals surface area contributed by atoms with Crippen molar-refractivity contribution < 1.29 is 31.1 Å². The maximum absolute atomic E-state index is 11.9. The molecule has 1 amide bonds. The first-order valence-electron chi connectivity index (χ1n) is 4.90. The maximum atomic E-state index is 11.9. The second-order valence-electron chi connectivity index (χ2n) is 3.50. The second kappa shape index (κ2) is 5.47. The number of carbonyl (C=O) groups is 1. The smallest absolute Gasteiger partial charge is 0.397 e. The molecule has 0 saturated carbocycles. The van der Waals surface area contributed by atoms with Gasteiger partial charge in [-0.15, -0.1) is 0 Å². The minimum atomic E-state index is -4.76. The zero-order chi connectivity index (χ0) is 14.7. The Morgan fingerprint density at radius 1 is 1.26 bits per heavy atom. The zero-order valence-electron chi connectivity index (χ0n) is 9.69. The van der Waals surface area contributed by atoms with Crippen LogP contribution in [-0.2, 0) is 14.8 Å². The summed E-state index contributed by atoms with van der Waals surface area (Å²) in [6, 6.07) is 4.84. The molecular formula is C10H10F3NO4S. The summed E-state index contributed by atoms with van der Waals surface area (Å²) in [6.07, 6.45) is -6.62. The van der Waals surface area contributed by atoms with Gasteiger partial charge in [-0.2, -0.15) is 13.2 Å². The highest BCUT2D eigenvalue weighted by molar-refractivity contribution is 7.90. The molecule has 0 heterocycles. The molecule has 0 aliphatic rings. The Kier molecular flexibility index (Phi) is 4.40. The first-order chi connectivity index (χ1) is 8.64. The quantitative estimate of drug-likeness (QED) is 0.913. The Labute approximate surface area is 107 Å². The molecule has 5 nitrogen and oxygen atoms in total. The van der Waals surface area contributed by atoms with Gasteiger partial charge in [-0.1, -0.05) is 0 Å². The number of halogens is 3. The first-order valence-corrected chi connectivity index (χ1v) is 6.39. The van der Waals surface area contributed by atoms with Crippen LogP contribution >= 0.6 is 0 Å². The van der Waals surface area contributed by atoms with Crippen molar-refractivity contribution in [1.82, 2.24) is 4.72 Å². The minimum Gasteiger partial charge on any atom is -0.497 e. The van der Waals surface area contributed by atoms with Crippen molar-refractivity contribution in [2.24, 2.45) is 0 Å². The van der Waals surface area contributed by atoms with Crippen LogP contribution in [0.1, 0.15) is 6.42 Å². The molecule has 0 unspecified atom stereocenters. The Hall–Kier alpha value is -1.77. The molecule has 0 radical (unpaired) electrons. The highest BCUT2D eigenvalue weighted by atomic mass is 32.2. The van der Waals surface area contributed by atoms with Gasteiger partial charge in [0.05, 0.1) is 12.0 Å². The van der Waals surface area contributed by atoms with Gasteiger partial charge in [0.2, 0.25) is 5.91 Å². The van der Waals surface area contributed by atoms with E-state index in [1.807, 2.05) is 0 Å². The number of alkyl halides is 3. The summed E-state index contributed by atoms with van der Waals surface area (Å²) >= 11 is 0. The van der Waals surface area contributed by atoms with E-state index in [0.29, 0.717) is 5.75 Å². The van der Waals surface area contributed by atoms with Crippen LogP contribution in [0.5, 0.6) is 5.75 Å². The fraction of sp³-hybridized carbons (Fsp3) is 0.300. The van der Waals surface area contributed by atoms with Crippen molar-refractivity contribution in [2.75, 3.05) is 7.11 Å². The van der Waals surface area contributed by atoms with Crippen molar-refractivity contribution in [3.05, 3.63) is 24.3 Å². The third-order valence-corrected chi connectivity index (χ3v) is 3.37. The van der Waals surface area contributed by atoms with Crippen LogP contribution in [0.15, 0.2) is 29.2 Å². The number of benzene rings is 1. The van der Waals surface area contributed by atoms with Gasteiger partial charge in [0.1, 0.15) is 12.2 Å². The molecule has 0 atom stereocenters. The highest BCUT2D eigenvalue weighted by Crippen LogP contribution is 2.20. The van der Waals surface area contributed by atoms with E-state index in [0.717, 1.165) is 12.1 Å². The number of rotatable bonds is 4. The van der Waals surface area contributed by atoms with E-state index in [-0.39, 0.29) is 4.90 Å². The van der Waals surface area contributed by atoms with Crippen LogP contribution in [-0.4, -0.2) is 27.6 Å². The molecule has 0 aliphatic heterocycles. The molecular weight excluding hydrogens is 287 g/mol. The van der Waals surface area contributed by atoms with Crippen molar-refractivity contribution in [1.29, 1.82) is 0 Å². The summed E-state index contributed by atoms with van der Waals surface area (Å²) in [5.74, 6) is -1.26. The molecule has 1 aromatic rings. The van der Waals surface area contributed by atoms with Gasteiger partial charge in [0, 0.05) is 0 Å². The monoisotopic (exact) mass is 297 g/mol. The molecule has 1 rings (SSSR count). The molecule has 0 spiro atoms. The SMILES string of the molecule is COc1ccc(S(=O)(=O)NC(=O)CC(F)(F)F)cc1. The van der Waals surface area contributed by atoms with Crippen LogP contribution < -0.4 is 9.46 Å². The number of carbonyl (C=O) groups excluding carboxylic acids is 1. The Balaban J connectivity index is 2.83. The number of ether oxygens (including phenoxy) is 1. The van der Waals surface area contributed by atoms with Gasteiger partial charge < -0.3 is 4.74 Å². The molecule has 0 aliphatic carbocycles. The standard InChI is InChI=1S/C10H10F3NO4S/c1-18-7-2-4-8(5-3-7)19(16,17)14-9(15)6-10(11,12)13/h2-5H,6H2,1H3,(H,14,15). The fourth-order valence-corrected chi connectivity index (χ4v) is 2.17. The predicted molar refractivity (Wildman–Crippen MR) is 59.0 cm³/mol. The lowest BCUT2D eigenvalue weighted by molar-refractivity contribution is -0.152. The van der Waals surface area contributed by atoms with E-state index < -0.39 is 28.5 Å². The molecule has 0 bridgehead atoms. The van der Waals surface area contributed by atoms with E-state index in [1.165, 1.54) is 24.0 Å². The maximum Gasteiger partial charge on any atom is 0.397 e. The normalized spacial score (nSPS) is 12.0. The van der Waals surface area contributed by atoms with Gasteiger partial charge in [0.15, 0.2) is 0 Å². The summed E-state index contributed by atoms with van der Waals surface area (Å²) in [4.78, 5) is 10.6. The van der Waals surface area contributed by atoms with E-state index in [9.17, 15) is 26.4 Å². The van der Waals surface area contributed by atoms with Crippen LogP contribution in [0.4, 0.5) is 13.2 Å².